The smallest absolute Gasteiger partial charge is 0.119 e. The highest BCUT2D eigenvalue weighted by Crippen LogP contribution is 2.34. The lowest BCUT2D eigenvalue weighted by molar-refractivity contribution is 0.318. The summed E-state index contributed by atoms with van der Waals surface area (Å²) >= 11 is 7.68. The van der Waals surface area contributed by atoms with Gasteiger partial charge in [-0.1, -0.05) is 72.3 Å². The van der Waals surface area contributed by atoms with Gasteiger partial charge < -0.3 is 4.74 Å². The summed E-state index contributed by atoms with van der Waals surface area (Å²) in [6.45, 7) is 2.55. The summed E-state index contributed by atoms with van der Waals surface area (Å²) in [5.74, 6) is 1.61. The van der Waals surface area contributed by atoms with E-state index in [-0.39, 0.29) is 0 Å². The molecule has 0 bridgehead atoms. The van der Waals surface area contributed by atoms with E-state index in [1.54, 1.807) is 11.8 Å². The number of nitrogens with zero attached hydrogens (tertiary/aromatic N) is 2. The zero-order chi connectivity index (χ0) is 23.0. The zero-order valence-corrected chi connectivity index (χ0v) is 19.9. The first-order chi connectivity index (χ1) is 16.2. The highest BCUT2D eigenvalue weighted by atomic mass is 35.5. The highest BCUT2D eigenvalue weighted by molar-refractivity contribution is 7.99. The van der Waals surface area contributed by atoms with E-state index in [9.17, 15) is 5.26 Å². The van der Waals surface area contributed by atoms with Crippen LogP contribution in [0.15, 0.2) is 90.0 Å². The number of nitriles is 1. The van der Waals surface area contributed by atoms with Crippen LogP contribution in [0.25, 0.3) is 22.4 Å². The van der Waals surface area contributed by atoms with Gasteiger partial charge in [0.2, 0.25) is 0 Å². The SMILES string of the molecule is Cc1cc(OCCCSc2nc(-c3ccccc3)cc(-c3ccccc3)c2C#N)ccc1Cl. The minimum Gasteiger partial charge on any atom is -0.494 e. The maximum Gasteiger partial charge on any atom is 0.119 e. The van der Waals surface area contributed by atoms with Crippen molar-refractivity contribution in [3.05, 3.63) is 101 Å². The molecule has 0 atom stereocenters. The number of thioether (sulfide) groups is 1. The Morgan fingerprint density at radius 1 is 0.939 bits per heavy atom. The van der Waals surface area contributed by atoms with Crippen LogP contribution in [0, 0.1) is 18.3 Å². The van der Waals surface area contributed by atoms with E-state index >= 15 is 0 Å². The molecule has 1 aromatic heterocycles. The maximum absolute atomic E-state index is 9.98. The minimum absolute atomic E-state index is 0.583. The second kappa shape index (κ2) is 11.0. The van der Waals surface area contributed by atoms with Gasteiger partial charge in [0.25, 0.3) is 0 Å². The molecule has 5 heteroatoms. The lowest BCUT2D eigenvalue weighted by atomic mass is 9.99. The van der Waals surface area contributed by atoms with Crippen molar-refractivity contribution >= 4 is 23.4 Å². The molecular weight excluding hydrogens is 448 g/mol. The van der Waals surface area contributed by atoms with Crippen LogP contribution >= 0.6 is 23.4 Å². The molecule has 0 N–H and O–H groups in total. The van der Waals surface area contributed by atoms with Gasteiger partial charge in [0.05, 0.1) is 17.9 Å². The normalized spacial score (nSPS) is 10.6. The largest absolute Gasteiger partial charge is 0.494 e. The molecule has 164 valence electrons. The lowest BCUT2D eigenvalue weighted by Gasteiger charge is -2.13. The Morgan fingerprint density at radius 3 is 2.30 bits per heavy atom. The maximum atomic E-state index is 9.98. The second-order valence-corrected chi connectivity index (χ2v) is 9.03. The molecule has 3 nitrogen and oxygen atoms in total. The van der Waals surface area contributed by atoms with E-state index in [1.165, 1.54) is 0 Å². The number of rotatable bonds is 8. The summed E-state index contributed by atoms with van der Waals surface area (Å²) in [4.78, 5) is 4.86. The molecule has 33 heavy (non-hydrogen) atoms. The average molecular weight is 471 g/mol. The van der Waals surface area contributed by atoms with E-state index in [0.717, 1.165) is 55.9 Å². The predicted octanol–water partition coefficient (Wildman–Crippen LogP) is 7.81. The van der Waals surface area contributed by atoms with Crippen molar-refractivity contribution in [1.82, 2.24) is 4.98 Å². The van der Waals surface area contributed by atoms with Gasteiger partial charge in [-0.15, -0.1) is 11.8 Å². The third-order valence-corrected chi connectivity index (χ3v) is 6.66. The van der Waals surface area contributed by atoms with Crippen molar-refractivity contribution in [2.24, 2.45) is 0 Å². The standard InChI is InChI=1S/C28H23ClN2OS/c1-20-17-23(13-14-26(20)29)32-15-8-16-33-28-25(19-30)24(21-9-4-2-5-10-21)18-27(31-28)22-11-6-3-7-12-22/h2-7,9-14,17-18H,8,15-16H2,1H3. The molecule has 0 unspecified atom stereocenters. The van der Waals surface area contributed by atoms with Gasteiger partial charge >= 0.3 is 0 Å². The Bertz CT molecular complexity index is 1270. The number of hydrogen-bond acceptors (Lipinski definition) is 4. The monoisotopic (exact) mass is 470 g/mol. The molecule has 0 amide bonds. The van der Waals surface area contributed by atoms with Gasteiger partial charge in [0.1, 0.15) is 16.8 Å². The van der Waals surface area contributed by atoms with Crippen molar-refractivity contribution in [2.45, 2.75) is 18.4 Å². The summed E-state index contributed by atoms with van der Waals surface area (Å²) in [7, 11) is 0. The number of pyridine rings is 1. The van der Waals surface area contributed by atoms with Crippen molar-refractivity contribution in [2.75, 3.05) is 12.4 Å². The van der Waals surface area contributed by atoms with E-state index in [4.69, 9.17) is 21.3 Å². The molecule has 0 aliphatic carbocycles. The van der Waals surface area contributed by atoms with Gasteiger partial charge in [-0.3, -0.25) is 0 Å². The molecule has 4 aromatic rings. The van der Waals surface area contributed by atoms with Gasteiger partial charge in [-0.05, 0) is 48.7 Å². The Balaban J connectivity index is 1.53. The molecular formula is C28H23ClN2OS. The number of benzene rings is 3. The quantitative estimate of drug-likeness (QED) is 0.194. The van der Waals surface area contributed by atoms with Crippen molar-refractivity contribution in [3.8, 4) is 34.2 Å². The van der Waals surface area contributed by atoms with E-state index < -0.39 is 0 Å². The fraction of sp³-hybridized carbons (Fsp3) is 0.143. The molecule has 1 heterocycles. The molecule has 0 spiro atoms. The van der Waals surface area contributed by atoms with Crippen LogP contribution in [0.5, 0.6) is 5.75 Å². The van der Waals surface area contributed by atoms with Gasteiger partial charge in [0, 0.05) is 21.9 Å². The fourth-order valence-corrected chi connectivity index (χ4v) is 4.50. The van der Waals surface area contributed by atoms with E-state index in [1.807, 2.05) is 91.9 Å². The van der Waals surface area contributed by atoms with Crippen molar-refractivity contribution < 1.29 is 4.74 Å². The van der Waals surface area contributed by atoms with Crippen molar-refractivity contribution in [3.63, 3.8) is 0 Å². The van der Waals surface area contributed by atoms with Crippen LogP contribution in [0.4, 0.5) is 0 Å². The number of halogens is 1. The first-order valence-electron chi connectivity index (χ1n) is 10.7. The van der Waals surface area contributed by atoms with E-state index in [2.05, 4.69) is 6.07 Å². The summed E-state index contributed by atoms with van der Waals surface area (Å²) < 4.78 is 5.87. The Kier molecular flexibility index (Phi) is 7.67. The predicted molar refractivity (Wildman–Crippen MR) is 137 cm³/mol. The lowest BCUT2D eigenvalue weighted by Crippen LogP contribution is -2.00. The minimum atomic E-state index is 0.583. The third-order valence-electron chi connectivity index (χ3n) is 5.18. The third kappa shape index (κ3) is 5.76. The molecule has 4 rings (SSSR count). The number of aromatic nitrogens is 1. The summed E-state index contributed by atoms with van der Waals surface area (Å²) in [5, 5.41) is 11.5. The number of aryl methyl sites for hydroxylation is 1. The highest BCUT2D eigenvalue weighted by Gasteiger charge is 2.15. The van der Waals surface area contributed by atoms with Crippen LogP contribution in [0.3, 0.4) is 0 Å². The van der Waals surface area contributed by atoms with Crippen LogP contribution in [0.1, 0.15) is 17.5 Å². The van der Waals surface area contributed by atoms with Crippen LogP contribution in [-0.4, -0.2) is 17.3 Å². The van der Waals surface area contributed by atoms with Gasteiger partial charge in [0.15, 0.2) is 0 Å². The van der Waals surface area contributed by atoms with Crippen LogP contribution < -0.4 is 4.74 Å². The average Bonchev–Trinajstić information content (AvgIpc) is 2.86. The summed E-state index contributed by atoms with van der Waals surface area (Å²) in [6, 6.07) is 30.2. The molecule has 0 saturated carbocycles. The Morgan fingerprint density at radius 2 is 1.64 bits per heavy atom. The fourth-order valence-electron chi connectivity index (χ4n) is 3.46. The van der Waals surface area contributed by atoms with Crippen LogP contribution in [-0.2, 0) is 0 Å². The Hall–Kier alpha value is -3.26. The molecule has 0 saturated heterocycles. The molecule has 3 aromatic carbocycles. The van der Waals surface area contributed by atoms with Gasteiger partial charge in [-0.25, -0.2) is 4.98 Å². The zero-order valence-electron chi connectivity index (χ0n) is 18.3. The summed E-state index contributed by atoms with van der Waals surface area (Å²) in [6.07, 6.45) is 0.828. The topological polar surface area (TPSA) is 45.9 Å². The molecule has 0 fully saturated rings. The molecule has 0 aliphatic heterocycles. The second-order valence-electron chi connectivity index (χ2n) is 7.54. The molecule has 0 radical (unpaired) electrons. The van der Waals surface area contributed by atoms with Gasteiger partial charge in [-0.2, -0.15) is 5.26 Å². The van der Waals surface area contributed by atoms with E-state index in [0.29, 0.717) is 12.2 Å². The summed E-state index contributed by atoms with van der Waals surface area (Å²) in [5.41, 5.74) is 5.42. The number of ether oxygens (including phenoxy) is 1. The van der Waals surface area contributed by atoms with Crippen LogP contribution in [0.2, 0.25) is 5.02 Å². The first kappa shape index (κ1) is 22.9. The first-order valence-corrected chi connectivity index (χ1v) is 12.1. The Labute approximate surface area is 204 Å². The van der Waals surface area contributed by atoms with Crippen molar-refractivity contribution in [1.29, 1.82) is 5.26 Å². The number of hydrogen-bond donors (Lipinski definition) is 0. The molecule has 0 aliphatic rings.